The molecule has 0 spiro atoms. The molecule has 0 saturated carbocycles. The molecule has 1 N–H and O–H groups in total. The molecule has 162 valence electrons. The molecule has 7 heteroatoms. The Balaban J connectivity index is 1.46. The van der Waals surface area contributed by atoms with Crippen molar-refractivity contribution in [2.24, 2.45) is 5.92 Å². The van der Waals surface area contributed by atoms with Crippen LogP contribution in [0.3, 0.4) is 0 Å². The topological polar surface area (TPSA) is 80.2 Å². The van der Waals surface area contributed by atoms with Gasteiger partial charge < -0.3 is 15.0 Å². The Hall–Kier alpha value is -3.22. The Morgan fingerprint density at radius 1 is 1.26 bits per heavy atom. The molecule has 0 aliphatic carbocycles. The Morgan fingerprint density at radius 3 is 2.94 bits per heavy atom. The largest absolute Gasteiger partial charge is 0.494 e. The number of aryl methyl sites for hydroxylation is 2. The van der Waals surface area contributed by atoms with Gasteiger partial charge in [-0.25, -0.2) is 9.97 Å². The molecule has 31 heavy (non-hydrogen) atoms. The first-order valence-electron chi connectivity index (χ1n) is 10.9. The summed E-state index contributed by atoms with van der Waals surface area (Å²) in [6.45, 7) is 8.52. The summed E-state index contributed by atoms with van der Waals surface area (Å²) in [7, 11) is 0. The van der Waals surface area contributed by atoms with Gasteiger partial charge in [-0.1, -0.05) is 6.07 Å². The molecule has 0 bridgehead atoms. The molecular weight excluding hydrogens is 390 g/mol. The van der Waals surface area contributed by atoms with Crippen LogP contribution in [0.4, 0.5) is 5.95 Å². The number of hydrogen-bond acceptors (Lipinski definition) is 6. The minimum absolute atomic E-state index is 0.0635. The second-order valence-electron chi connectivity index (χ2n) is 7.99. The van der Waals surface area contributed by atoms with Crippen LogP contribution < -0.4 is 15.0 Å². The maximum atomic E-state index is 12.8. The lowest BCUT2D eigenvalue weighted by Gasteiger charge is -2.32. The highest BCUT2D eigenvalue weighted by Gasteiger charge is 2.27. The maximum absolute atomic E-state index is 12.8. The summed E-state index contributed by atoms with van der Waals surface area (Å²) in [5, 5.41) is 4.05. The van der Waals surface area contributed by atoms with E-state index in [1.807, 2.05) is 51.1 Å². The molecule has 1 aromatic carbocycles. The Labute approximate surface area is 182 Å². The van der Waals surface area contributed by atoms with Gasteiger partial charge in [-0.3, -0.25) is 9.78 Å². The summed E-state index contributed by atoms with van der Waals surface area (Å²) >= 11 is 0. The van der Waals surface area contributed by atoms with Crippen molar-refractivity contribution in [1.82, 2.24) is 20.3 Å². The van der Waals surface area contributed by atoms with Gasteiger partial charge in [-0.2, -0.15) is 0 Å². The van der Waals surface area contributed by atoms with Gasteiger partial charge in [-0.05, 0) is 63.4 Å². The van der Waals surface area contributed by atoms with E-state index < -0.39 is 0 Å². The highest BCUT2D eigenvalue weighted by Crippen LogP contribution is 2.26. The van der Waals surface area contributed by atoms with Crippen LogP contribution in [-0.2, 0) is 11.3 Å². The number of carbonyl (C=O) groups is 1. The van der Waals surface area contributed by atoms with Gasteiger partial charge in [0, 0.05) is 24.7 Å². The molecule has 4 rings (SSSR count). The second kappa shape index (κ2) is 9.29. The number of piperidine rings is 1. The lowest BCUT2D eigenvalue weighted by molar-refractivity contribution is -0.125. The molecule has 1 saturated heterocycles. The number of nitrogens with one attached hydrogen (secondary N) is 1. The predicted octanol–water partition coefficient (Wildman–Crippen LogP) is 3.57. The zero-order valence-corrected chi connectivity index (χ0v) is 18.4. The number of ether oxygens (including phenoxy) is 1. The monoisotopic (exact) mass is 419 g/mol. The number of aromatic nitrogens is 3. The van der Waals surface area contributed by atoms with Crippen molar-refractivity contribution in [1.29, 1.82) is 0 Å². The van der Waals surface area contributed by atoms with Crippen molar-refractivity contribution in [3.8, 4) is 5.75 Å². The molecule has 1 amide bonds. The number of benzene rings is 1. The number of nitrogens with zero attached hydrogens (tertiary/aromatic N) is 4. The number of pyridine rings is 1. The first kappa shape index (κ1) is 21.0. The van der Waals surface area contributed by atoms with Crippen LogP contribution in [0.5, 0.6) is 5.75 Å². The zero-order valence-electron chi connectivity index (χ0n) is 18.4. The van der Waals surface area contributed by atoms with Gasteiger partial charge in [0.1, 0.15) is 5.75 Å². The quantitative estimate of drug-likeness (QED) is 0.658. The fourth-order valence-corrected chi connectivity index (χ4v) is 4.03. The standard InChI is InChI=1S/C24H29N5O2/c1-4-31-19-9-10-21-20(13-19)17(3)27-24(28-21)29-12-6-8-18(15-29)23(30)26-14-22-16(2)7-5-11-25-22/h5,7,9-11,13,18H,4,6,8,12,14-15H2,1-3H3,(H,26,30)/t18-/m1/s1. The third-order valence-electron chi connectivity index (χ3n) is 5.78. The molecule has 2 aromatic heterocycles. The van der Waals surface area contributed by atoms with Gasteiger partial charge in [0.05, 0.1) is 36.0 Å². The first-order chi connectivity index (χ1) is 15.0. The lowest BCUT2D eigenvalue weighted by Crippen LogP contribution is -2.43. The van der Waals surface area contributed by atoms with E-state index in [0.29, 0.717) is 25.6 Å². The van der Waals surface area contributed by atoms with Gasteiger partial charge in [0.25, 0.3) is 0 Å². The Kier molecular flexibility index (Phi) is 6.30. The number of anilines is 1. The highest BCUT2D eigenvalue weighted by atomic mass is 16.5. The minimum Gasteiger partial charge on any atom is -0.494 e. The molecule has 1 aliphatic rings. The van der Waals surface area contributed by atoms with Crippen LogP contribution in [0.1, 0.15) is 36.7 Å². The Morgan fingerprint density at radius 2 is 2.13 bits per heavy atom. The van der Waals surface area contributed by atoms with Crippen molar-refractivity contribution in [2.45, 2.75) is 40.2 Å². The summed E-state index contributed by atoms with van der Waals surface area (Å²) in [6, 6.07) is 9.82. The van der Waals surface area contributed by atoms with Crippen molar-refractivity contribution in [2.75, 3.05) is 24.6 Å². The summed E-state index contributed by atoms with van der Waals surface area (Å²) in [6.07, 6.45) is 3.56. The number of carbonyl (C=O) groups excluding carboxylic acids is 1. The average molecular weight is 420 g/mol. The SMILES string of the molecule is CCOc1ccc2nc(N3CCC[C@@H](C(=O)NCc4ncccc4C)C3)nc(C)c2c1. The van der Waals surface area contributed by atoms with Crippen LogP contribution in [0, 0.1) is 19.8 Å². The molecule has 1 aliphatic heterocycles. The van der Waals surface area contributed by atoms with Crippen molar-refractivity contribution in [3.05, 3.63) is 53.5 Å². The van der Waals surface area contributed by atoms with Crippen LogP contribution >= 0.6 is 0 Å². The minimum atomic E-state index is -0.0855. The van der Waals surface area contributed by atoms with Gasteiger partial charge in [0.15, 0.2) is 0 Å². The van der Waals surface area contributed by atoms with Crippen LogP contribution in [0.25, 0.3) is 10.9 Å². The zero-order chi connectivity index (χ0) is 21.8. The van der Waals surface area contributed by atoms with E-state index in [2.05, 4.69) is 15.2 Å². The fourth-order valence-electron chi connectivity index (χ4n) is 4.03. The summed E-state index contributed by atoms with van der Waals surface area (Å²) in [4.78, 5) is 28.8. The maximum Gasteiger partial charge on any atom is 0.226 e. The summed E-state index contributed by atoms with van der Waals surface area (Å²) in [5.74, 6) is 1.49. The molecule has 0 radical (unpaired) electrons. The molecular formula is C24H29N5O2. The Bertz CT molecular complexity index is 1080. The molecule has 3 heterocycles. The third kappa shape index (κ3) is 4.76. The number of hydrogen-bond donors (Lipinski definition) is 1. The van der Waals surface area contributed by atoms with Crippen LogP contribution in [-0.4, -0.2) is 40.6 Å². The molecule has 3 aromatic rings. The first-order valence-corrected chi connectivity index (χ1v) is 10.9. The fraction of sp³-hybridized carbons (Fsp3) is 0.417. The van der Waals surface area contributed by atoms with E-state index in [1.54, 1.807) is 6.20 Å². The van der Waals surface area contributed by atoms with E-state index >= 15 is 0 Å². The molecule has 7 nitrogen and oxygen atoms in total. The molecule has 1 fully saturated rings. The van der Waals surface area contributed by atoms with Crippen molar-refractivity contribution in [3.63, 3.8) is 0 Å². The van der Waals surface area contributed by atoms with Gasteiger partial charge >= 0.3 is 0 Å². The average Bonchev–Trinajstić information content (AvgIpc) is 2.79. The van der Waals surface area contributed by atoms with Gasteiger partial charge in [-0.15, -0.1) is 0 Å². The van der Waals surface area contributed by atoms with E-state index in [0.717, 1.165) is 53.0 Å². The normalized spacial score (nSPS) is 16.4. The number of fused-ring (bicyclic) bond motifs is 1. The molecule has 0 unspecified atom stereocenters. The summed E-state index contributed by atoms with van der Waals surface area (Å²) in [5.41, 5.74) is 3.80. The predicted molar refractivity (Wildman–Crippen MR) is 121 cm³/mol. The van der Waals surface area contributed by atoms with E-state index in [-0.39, 0.29) is 11.8 Å². The second-order valence-corrected chi connectivity index (χ2v) is 7.99. The summed E-state index contributed by atoms with van der Waals surface area (Å²) < 4.78 is 5.60. The van der Waals surface area contributed by atoms with Crippen LogP contribution in [0.2, 0.25) is 0 Å². The lowest BCUT2D eigenvalue weighted by atomic mass is 9.97. The highest BCUT2D eigenvalue weighted by molar-refractivity contribution is 5.83. The number of rotatable bonds is 6. The van der Waals surface area contributed by atoms with Crippen molar-refractivity contribution >= 4 is 22.8 Å². The van der Waals surface area contributed by atoms with E-state index in [1.165, 1.54) is 0 Å². The third-order valence-corrected chi connectivity index (χ3v) is 5.78. The van der Waals surface area contributed by atoms with E-state index in [4.69, 9.17) is 14.7 Å². The van der Waals surface area contributed by atoms with Gasteiger partial charge in [0.2, 0.25) is 11.9 Å². The van der Waals surface area contributed by atoms with Crippen LogP contribution in [0.15, 0.2) is 36.5 Å². The van der Waals surface area contributed by atoms with Crippen molar-refractivity contribution < 1.29 is 9.53 Å². The van der Waals surface area contributed by atoms with E-state index in [9.17, 15) is 4.79 Å². The smallest absolute Gasteiger partial charge is 0.226 e. The number of amides is 1. The molecule has 1 atom stereocenters.